The van der Waals surface area contributed by atoms with Crippen LogP contribution < -0.4 is 5.32 Å². The lowest BCUT2D eigenvalue weighted by molar-refractivity contribution is 0.768. The summed E-state index contributed by atoms with van der Waals surface area (Å²) in [5.41, 5.74) is 1.72. The van der Waals surface area contributed by atoms with Crippen molar-refractivity contribution in [3.63, 3.8) is 0 Å². The standard InChI is InChI=1S/C10H13N5/c1-7-6-9(11-2)13-10(12-7)8-4-5-15(3)14-8/h4-6H,1-3H3,(H,11,12,13). The van der Waals surface area contributed by atoms with Gasteiger partial charge < -0.3 is 5.32 Å². The van der Waals surface area contributed by atoms with E-state index in [1.54, 1.807) is 4.68 Å². The molecule has 0 aliphatic carbocycles. The smallest absolute Gasteiger partial charge is 0.182 e. The van der Waals surface area contributed by atoms with Crippen LogP contribution in [0.1, 0.15) is 5.69 Å². The SMILES string of the molecule is CNc1cc(C)nc(-c2ccn(C)n2)n1. The number of nitrogens with one attached hydrogen (secondary N) is 1. The van der Waals surface area contributed by atoms with E-state index < -0.39 is 0 Å². The van der Waals surface area contributed by atoms with Crippen molar-refractivity contribution in [3.8, 4) is 11.5 Å². The van der Waals surface area contributed by atoms with Gasteiger partial charge in [-0.25, -0.2) is 9.97 Å². The minimum atomic E-state index is 0.653. The molecular formula is C10H13N5. The molecule has 0 atom stereocenters. The van der Waals surface area contributed by atoms with Crippen LogP contribution in [-0.4, -0.2) is 26.8 Å². The average molecular weight is 203 g/mol. The Morgan fingerprint density at radius 3 is 2.73 bits per heavy atom. The van der Waals surface area contributed by atoms with E-state index in [0.717, 1.165) is 17.2 Å². The Morgan fingerprint density at radius 1 is 1.33 bits per heavy atom. The van der Waals surface area contributed by atoms with Gasteiger partial charge in [0.25, 0.3) is 0 Å². The number of anilines is 1. The van der Waals surface area contributed by atoms with E-state index in [4.69, 9.17) is 0 Å². The molecule has 0 radical (unpaired) electrons. The molecule has 0 aromatic carbocycles. The van der Waals surface area contributed by atoms with E-state index in [0.29, 0.717) is 5.82 Å². The molecule has 0 saturated carbocycles. The van der Waals surface area contributed by atoms with Crippen LogP contribution in [0.5, 0.6) is 0 Å². The summed E-state index contributed by atoms with van der Waals surface area (Å²) >= 11 is 0. The molecule has 0 aliphatic heterocycles. The lowest BCUT2D eigenvalue weighted by Gasteiger charge is -2.02. The van der Waals surface area contributed by atoms with Crippen molar-refractivity contribution in [1.29, 1.82) is 0 Å². The van der Waals surface area contributed by atoms with E-state index in [2.05, 4.69) is 20.4 Å². The van der Waals surface area contributed by atoms with Crippen LogP contribution in [0.2, 0.25) is 0 Å². The van der Waals surface area contributed by atoms with Crippen LogP contribution in [0.25, 0.3) is 11.5 Å². The fraction of sp³-hybridized carbons (Fsp3) is 0.300. The van der Waals surface area contributed by atoms with E-state index in [1.165, 1.54) is 0 Å². The quantitative estimate of drug-likeness (QED) is 0.797. The van der Waals surface area contributed by atoms with Crippen LogP contribution in [0, 0.1) is 6.92 Å². The van der Waals surface area contributed by atoms with Crippen LogP contribution in [-0.2, 0) is 7.05 Å². The summed E-state index contributed by atoms with van der Waals surface area (Å²) in [6.07, 6.45) is 1.88. The molecule has 2 heterocycles. The Hall–Kier alpha value is -1.91. The topological polar surface area (TPSA) is 55.6 Å². The highest BCUT2D eigenvalue weighted by molar-refractivity contribution is 5.52. The second-order valence-corrected chi connectivity index (χ2v) is 3.34. The first-order valence-electron chi connectivity index (χ1n) is 4.72. The molecule has 0 unspecified atom stereocenters. The molecule has 15 heavy (non-hydrogen) atoms. The lowest BCUT2D eigenvalue weighted by Crippen LogP contribution is -1.99. The van der Waals surface area contributed by atoms with Crippen molar-refractivity contribution >= 4 is 5.82 Å². The molecule has 2 aromatic heterocycles. The number of hydrogen-bond acceptors (Lipinski definition) is 4. The second kappa shape index (κ2) is 3.68. The van der Waals surface area contributed by atoms with Crippen molar-refractivity contribution in [2.45, 2.75) is 6.92 Å². The van der Waals surface area contributed by atoms with Crippen molar-refractivity contribution in [3.05, 3.63) is 24.0 Å². The molecule has 1 N–H and O–H groups in total. The summed E-state index contributed by atoms with van der Waals surface area (Å²) < 4.78 is 1.74. The zero-order chi connectivity index (χ0) is 10.8. The molecule has 0 spiro atoms. The van der Waals surface area contributed by atoms with Gasteiger partial charge in [0, 0.05) is 32.1 Å². The molecule has 0 bridgehead atoms. The van der Waals surface area contributed by atoms with E-state index in [9.17, 15) is 0 Å². The Kier molecular flexibility index (Phi) is 2.37. The number of hydrogen-bond donors (Lipinski definition) is 1. The van der Waals surface area contributed by atoms with Crippen LogP contribution in [0.15, 0.2) is 18.3 Å². The van der Waals surface area contributed by atoms with Crippen molar-refractivity contribution in [2.75, 3.05) is 12.4 Å². The zero-order valence-corrected chi connectivity index (χ0v) is 9.02. The summed E-state index contributed by atoms with van der Waals surface area (Å²) in [7, 11) is 3.71. The number of aromatic nitrogens is 4. The summed E-state index contributed by atoms with van der Waals surface area (Å²) in [5.74, 6) is 1.46. The number of rotatable bonds is 2. The molecule has 2 aromatic rings. The maximum absolute atomic E-state index is 4.34. The van der Waals surface area contributed by atoms with Gasteiger partial charge in [-0.05, 0) is 13.0 Å². The summed E-state index contributed by atoms with van der Waals surface area (Å²) in [4.78, 5) is 8.68. The predicted molar refractivity (Wildman–Crippen MR) is 58.5 cm³/mol. The van der Waals surface area contributed by atoms with Crippen LogP contribution >= 0.6 is 0 Å². The minimum Gasteiger partial charge on any atom is -0.373 e. The van der Waals surface area contributed by atoms with Gasteiger partial charge >= 0.3 is 0 Å². The molecule has 2 rings (SSSR count). The van der Waals surface area contributed by atoms with E-state index in [-0.39, 0.29) is 0 Å². The maximum Gasteiger partial charge on any atom is 0.182 e. The predicted octanol–water partition coefficient (Wildman–Crippen LogP) is 1.23. The third-order valence-electron chi connectivity index (χ3n) is 2.05. The van der Waals surface area contributed by atoms with Gasteiger partial charge in [0.05, 0.1) is 0 Å². The fourth-order valence-corrected chi connectivity index (χ4v) is 1.35. The number of nitrogens with zero attached hydrogens (tertiary/aromatic N) is 4. The monoisotopic (exact) mass is 203 g/mol. The molecular weight excluding hydrogens is 190 g/mol. The maximum atomic E-state index is 4.34. The molecule has 0 saturated heterocycles. The fourth-order valence-electron chi connectivity index (χ4n) is 1.35. The highest BCUT2D eigenvalue weighted by atomic mass is 15.3. The van der Waals surface area contributed by atoms with Crippen molar-refractivity contribution < 1.29 is 0 Å². The Bertz CT molecular complexity index is 474. The van der Waals surface area contributed by atoms with Gasteiger partial charge in [-0.3, -0.25) is 4.68 Å². The van der Waals surface area contributed by atoms with Gasteiger partial charge in [0.1, 0.15) is 11.5 Å². The van der Waals surface area contributed by atoms with Gasteiger partial charge in [-0.15, -0.1) is 0 Å². The van der Waals surface area contributed by atoms with E-state index >= 15 is 0 Å². The van der Waals surface area contributed by atoms with Crippen LogP contribution in [0.3, 0.4) is 0 Å². The number of aryl methyl sites for hydroxylation is 2. The molecule has 0 aliphatic rings. The first-order chi connectivity index (χ1) is 7.19. The van der Waals surface area contributed by atoms with Gasteiger partial charge in [0.2, 0.25) is 0 Å². The van der Waals surface area contributed by atoms with Crippen molar-refractivity contribution in [1.82, 2.24) is 19.7 Å². The third kappa shape index (κ3) is 1.96. The normalized spacial score (nSPS) is 10.3. The Balaban J connectivity index is 2.48. The first-order valence-corrected chi connectivity index (χ1v) is 4.72. The van der Waals surface area contributed by atoms with Gasteiger partial charge in [-0.1, -0.05) is 0 Å². The Morgan fingerprint density at radius 2 is 2.13 bits per heavy atom. The minimum absolute atomic E-state index is 0.653. The summed E-state index contributed by atoms with van der Waals surface area (Å²) in [6.45, 7) is 1.94. The molecule has 0 amide bonds. The largest absolute Gasteiger partial charge is 0.373 e. The van der Waals surface area contributed by atoms with Crippen LogP contribution in [0.4, 0.5) is 5.82 Å². The summed E-state index contributed by atoms with van der Waals surface area (Å²) in [5, 5.41) is 7.26. The second-order valence-electron chi connectivity index (χ2n) is 3.34. The van der Waals surface area contributed by atoms with Crippen molar-refractivity contribution in [2.24, 2.45) is 7.05 Å². The van der Waals surface area contributed by atoms with E-state index in [1.807, 2.05) is 39.3 Å². The van der Waals surface area contributed by atoms with Gasteiger partial charge in [0.15, 0.2) is 5.82 Å². The van der Waals surface area contributed by atoms with Gasteiger partial charge in [-0.2, -0.15) is 5.10 Å². The lowest BCUT2D eigenvalue weighted by atomic mass is 10.3. The third-order valence-corrected chi connectivity index (χ3v) is 2.05. The highest BCUT2D eigenvalue weighted by Crippen LogP contribution is 2.14. The first kappa shape index (κ1) is 9.64. The zero-order valence-electron chi connectivity index (χ0n) is 9.02. The Labute approximate surface area is 88.2 Å². The summed E-state index contributed by atoms with van der Waals surface area (Å²) in [6, 6.07) is 3.79. The molecule has 5 nitrogen and oxygen atoms in total. The molecule has 78 valence electrons. The molecule has 5 heteroatoms. The highest BCUT2D eigenvalue weighted by Gasteiger charge is 2.06. The molecule has 0 fully saturated rings. The average Bonchev–Trinajstić information content (AvgIpc) is 2.64.